The molecule has 0 aliphatic rings. The Morgan fingerprint density at radius 1 is 1.50 bits per heavy atom. The van der Waals surface area contributed by atoms with Crippen LogP contribution in [0.5, 0.6) is 0 Å². The van der Waals surface area contributed by atoms with Gasteiger partial charge >= 0.3 is 5.97 Å². The topological polar surface area (TPSA) is 35.5 Å². The minimum atomic E-state index is -0.433. The molecule has 0 aliphatic carbocycles. The standard InChI is InChI=1S/C6H11BrO3/c1-6(2,3)10-9-5(8)4-7/h4H2,1-3H3. The fourth-order valence-corrected chi connectivity index (χ4v) is 0.287. The molecule has 0 saturated carbocycles. The summed E-state index contributed by atoms with van der Waals surface area (Å²) in [7, 11) is 0. The van der Waals surface area contributed by atoms with Crippen LogP contribution in [0.3, 0.4) is 0 Å². The molecule has 60 valence electrons. The van der Waals surface area contributed by atoms with E-state index in [9.17, 15) is 4.79 Å². The Balaban J connectivity index is 3.46. The van der Waals surface area contributed by atoms with Crippen LogP contribution in [0.25, 0.3) is 0 Å². The zero-order chi connectivity index (χ0) is 8.20. The van der Waals surface area contributed by atoms with Gasteiger partial charge in [0, 0.05) is 0 Å². The summed E-state index contributed by atoms with van der Waals surface area (Å²) < 4.78 is 0. The van der Waals surface area contributed by atoms with Gasteiger partial charge in [0.25, 0.3) is 0 Å². The monoisotopic (exact) mass is 210 g/mol. The minimum Gasteiger partial charge on any atom is -0.297 e. The lowest BCUT2D eigenvalue weighted by Gasteiger charge is -2.15. The second-order valence-electron chi connectivity index (χ2n) is 2.78. The largest absolute Gasteiger partial charge is 0.352 e. The Kier molecular flexibility index (Phi) is 3.89. The molecule has 3 nitrogen and oxygen atoms in total. The molecule has 0 spiro atoms. The van der Waals surface area contributed by atoms with Gasteiger partial charge < -0.3 is 0 Å². The van der Waals surface area contributed by atoms with Crippen molar-refractivity contribution in [3.8, 4) is 0 Å². The van der Waals surface area contributed by atoms with Crippen molar-refractivity contribution in [2.75, 3.05) is 5.33 Å². The number of rotatable bonds is 2. The SMILES string of the molecule is CC(C)(C)OOC(=O)CBr. The third-order valence-electron chi connectivity index (χ3n) is 0.494. The van der Waals surface area contributed by atoms with Crippen LogP contribution in [0, 0.1) is 0 Å². The highest BCUT2D eigenvalue weighted by molar-refractivity contribution is 9.09. The van der Waals surface area contributed by atoms with Gasteiger partial charge in [-0.25, -0.2) is 4.79 Å². The second-order valence-corrected chi connectivity index (χ2v) is 3.35. The van der Waals surface area contributed by atoms with Gasteiger partial charge in [-0.05, 0) is 20.8 Å². The Morgan fingerprint density at radius 3 is 2.30 bits per heavy atom. The molecule has 0 bridgehead atoms. The smallest absolute Gasteiger partial charge is 0.297 e. The number of carbonyl (C=O) groups excluding carboxylic acids is 1. The molecule has 0 aromatic carbocycles. The van der Waals surface area contributed by atoms with Crippen LogP contribution in [0.15, 0.2) is 0 Å². The Labute approximate surface area is 68.7 Å². The molecule has 0 unspecified atom stereocenters. The predicted molar refractivity (Wildman–Crippen MR) is 40.7 cm³/mol. The van der Waals surface area contributed by atoms with E-state index in [-0.39, 0.29) is 5.33 Å². The summed E-state index contributed by atoms with van der Waals surface area (Å²) >= 11 is 2.93. The maximum absolute atomic E-state index is 10.5. The zero-order valence-electron chi connectivity index (χ0n) is 6.31. The molecular weight excluding hydrogens is 200 g/mol. The van der Waals surface area contributed by atoms with Crippen molar-refractivity contribution in [1.82, 2.24) is 0 Å². The molecule has 0 radical (unpaired) electrons. The maximum Gasteiger partial charge on any atom is 0.352 e. The first-order valence-corrected chi connectivity index (χ1v) is 4.02. The Morgan fingerprint density at radius 2 is 2.00 bits per heavy atom. The predicted octanol–water partition coefficient (Wildman–Crippen LogP) is 1.65. The van der Waals surface area contributed by atoms with Crippen LogP contribution in [0.2, 0.25) is 0 Å². The summed E-state index contributed by atoms with van der Waals surface area (Å²) in [4.78, 5) is 19.5. The molecule has 0 atom stereocenters. The molecule has 10 heavy (non-hydrogen) atoms. The molecular formula is C6H11BrO3. The molecule has 0 N–H and O–H groups in total. The number of halogens is 1. The fraction of sp³-hybridized carbons (Fsp3) is 0.833. The van der Waals surface area contributed by atoms with Crippen molar-refractivity contribution in [3.05, 3.63) is 0 Å². The molecule has 0 aliphatic heterocycles. The van der Waals surface area contributed by atoms with Gasteiger partial charge in [-0.1, -0.05) is 15.9 Å². The van der Waals surface area contributed by atoms with Gasteiger partial charge in [0.1, 0.15) is 10.9 Å². The van der Waals surface area contributed by atoms with Gasteiger partial charge in [0.2, 0.25) is 0 Å². The van der Waals surface area contributed by atoms with Crippen molar-refractivity contribution in [1.29, 1.82) is 0 Å². The third-order valence-corrected chi connectivity index (χ3v) is 0.952. The normalized spacial score (nSPS) is 11.2. The van der Waals surface area contributed by atoms with Crippen molar-refractivity contribution >= 4 is 21.9 Å². The van der Waals surface area contributed by atoms with E-state index >= 15 is 0 Å². The number of carbonyl (C=O) groups is 1. The highest BCUT2D eigenvalue weighted by Crippen LogP contribution is 2.07. The average molecular weight is 211 g/mol. The Bertz CT molecular complexity index is 117. The van der Waals surface area contributed by atoms with Crippen LogP contribution in [-0.2, 0) is 14.6 Å². The molecule has 0 aromatic heterocycles. The molecule has 0 rings (SSSR count). The highest BCUT2D eigenvalue weighted by atomic mass is 79.9. The van der Waals surface area contributed by atoms with Gasteiger partial charge in [0.15, 0.2) is 0 Å². The molecule has 0 aromatic rings. The summed E-state index contributed by atoms with van der Waals surface area (Å²) in [5.74, 6) is -0.421. The molecule has 4 heteroatoms. The molecule has 0 fully saturated rings. The van der Waals surface area contributed by atoms with Crippen LogP contribution in [-0.4, -0.2) is 16.9 Å². The van der Waals surface area contributed by atoms with Crippen LogP contribution in [0.4, 0.5) is 0 Å². The van der Waals surface area contributed by atoms with E-state index in [4.69, 9.17) is 4.89 Å². The lowest BCUT2D eigenvalue weighted by atomic mass is 10.2. The van der Waals surface area contributed by atoms with E-state index in [1.54, 1.807) is 20.8 Å². The first kappa shape index (κ1) is 9.91. The Hall–Kier alpha value is -0.0900. The number of hydrogen-bond acceptors (Lipinski definition) is 3. The van der Waals surface area contributed by atoms with Crippen molar-refractivity contribution < 1.29 is 14.6 Å². The van der Waals surface area contributed by atoms with Crippen LogP contribution in [0.1, 0.15) is 20.8 Å². The van der Waals surface area contributed by atoms with E-state index < -0.39 is 11.6 Å². The van der Waals surface area contributed by atoms with Crippen LogP contribution >= 0.6 is 15.9 Å². The summed E-state index contributed by atoms with van der Waals surface area (Å²) in [5.41, 5.74) is -0.433. The second kappa shape index (κ2) is 3.93. The van der Waals surface area contributed by atoms with Gasteiger partial charge in [-0.15, -0.1) is 0 Å². The first-order valence-electron chi connectivity index (χ1n) is 2.90. The van der Waals surface area contributed by atoms with E-state index in [2.05, 4.69) is 20.8 Å². The maximum atomic E-state index is 10.5. The highest BCUT2D eigenvalue weighted by Gasteiger charge is 2.14. The first-order chi connectivity index (χ1) is 4.45. The molecule has 0 heterocycles. The van der Waals surface area contributed by atoms with Crippen molar-refractivity contribution in [2.24, 2.45) is 0 Å². The third kappa shape index (κ3) is 6.04. The van der Waals surface area contributed by atoms with Crippen molar-refractivity contribution in [3.63, 3.8) is 0 Å². The summed E-state index contributed by atoms with van der Waals surface area (Å²) in [6.45, 7) is 5.40. The lowest BCUT2D eigenvalue weighted by Crippen LogP contribution is -2.22. The van der Waals surface area contributed by atoms with E-state index in [1.807, 2.05) is 0 Å². The minimum absolute atomic E-state index is 0.156. The number of hydrogen-bond donors (Lipinski definition) is 0. The van der Waals surface area contributed by atoms with Crippen molar-refractivity contribution in [2.45, 2.75) is 26.4 Å². The fourth-order valence-electron chi connectivity index (χ4n) is 0.194. The van der Waals surface area contributed by atoms with Gasteiger partial charge in [-0.3, -0.25) is 4.89 Å². The van der Waals surface area contributed by atoms with E-state index in [0.717, 1.165) is 0 Å². The molecule has 0 saturated heterocycles. The summed E-state index contributed by atoms with van der Waals surface area (Å²) in [6.07, 6.45) is 0. The van der Waals surface area contributed by atoms with Crippen LogP contribution < -0.4 is 0 Å². The van der Waals surface area contributed by atoms with Gasteiger partial charge in [0.05, 0.1) is 0 Å². The lowest BCUT2D eigenvalue weighted by molar-refractivity contribution is -0.318. The van der Waals surface area contributed by atoms with E-state index in [0.29, 0.717) is 0 Å². The average Bonchev–Trinajstić information content (AvgIpc) is 1.81. The summed E-state index contributed by atoms with van der Waals surface area (Å²) in [5, 5.41) is 0.156. The molecule has 0 amide bonds. The van der Waals surface area contributed by atoms with E-state index in [1.165, 1.54) is 0 Å². The number of alkyl halides is 1. The summed E-state index contributed by atoms with van der Waals surface area (Å²) in [6, 6.07) is 0. The van der Waals surface area contributed by atoms with Gasteiger partial charge in [-0.2, -0.15) is 4.89 Å². The quantitative estimate of drug-likeness (QED) is 0.395. The zero-order valence-corrected chi connectivity index (χ0v) is 7.90.